The Balaban J connectivity index is 2.00. The molecule has 0 amide bonds. The summed E-state index contributed by atoms with van der Waals surface area (Å²) >= 11 is 1.81. The first kappa shape index (κ1) is 10.1. The number of amidine groups is 1. The van der Waals surface area contributed by atoms with E-state index in [1.54, 1.807) is 6.34 Å². The third-order valence-electron chi connectivity index (χ3n) is 3.30. The van der Waals surface area contributed by atoms with Gasteiger partial charge in [-0.25, -0.2) is 9.98 Å². The minimum atomic E-state index is 0.174. The molecule has 0 spiro atoms. The molecule has 1 aliphatic carbocycles. The fourth-order valence-electron chi connectivity index (χ4n) is 2.53. The van der Waals surface area contributed by atoms with Crippen molar-refractivity contribution in [2.24, 2.45) is 26.8 Å². The Kier molecular flexibility index (Phi) is 2.55. The summed E-state index contributed by atoms with van der Waals surface area (Å²) in [7, 11) is 0. The highest BCUT2D eigenvalue weighted by molar-refractivity contribution is 8.17. The second kappa shape index (κ2) is 4.05. The molecule has 5 heteroatoms. The van der Waals surface area contributed by atoms with Crippen LogP contribution in [-0.2, 0) is 0 Å². The SMILES string of the molecule is N/N=C1\N=CN=C2SC3=C(CCCCC3)C21. The summed E-state index contributed by atoms with van der Waals surface area (Å²) in [5.74, 6) is 6.31. The Bertz CT molecular complexity index is 433. The van der Waals surface area contributed by atoms with E-state index in [4.69, 9.17) is 5.84 Å². The zero-order valence-electron chi connectivity index (χ0n) is 9.02. The molecule has 0 aromatic carbocycles. The molecule has 16 heavy (non-hydrogen) atoms. The molecule has 2 heterocycles. The van der Waals surface area contributed by atoms with Crippen LogP contribution in [-0.4, -0.2) is 17.2 Å². The monoisotopic (exact) mass is 234 g/mol. The molecule has 2 aliphatic heterocycles. The van der Waals surface area contributed by atoms with Crippen molar-refractivity contribution in [3.63, 3.8) is 0 Å². The number of hydrazone groups is 1. The van der Waals surface area contributed by atoms with Crippen molar-refractivity contribution in [2.45, 2.75) is 32.1 Å². The second-order valence-corrected chi connectivity index (χ2v) is 5.36. The van der Waals surface area contributed by atoms with Crippen LogP contribution in [0.15, 0.2) is 25.6 Å². The Morgan fingerprint density at radius 1 is 1.31 bits per heavy atom. The van der Waals surface area contributed by atoms with Crippen LogP contribution < -0.4 is 5.84 Å². The van der Waals surface area contributed by atoms with Crippen molar-refractivity contribution in [2.75, 3.05) is 0 Å². The minimum absolute atomic E-state index is 0.174. The molecule has 4 nitrogen and oxygen atoms in total. The predicted octanol–water partition coefficient (Wildman–Crippen LogP) is 2.28. The van der Waals surface area contributed by atoms with Gasteiger partial charge >= 0.3 is 0 Å². The van der Waals surface area contributed by atoms with Crippen LogP contribution in [0.25, 0.3) is 0 Å². The number of rotatable bonds is 0. The van der Waals surface area contributed by atoms with Crippen LogP contribution in [0.2, 0.25) is 0 Å². The first-order valence-electron chi connectivity index (χ1n) is 5.68. The number of hydrogen-bond acceptors (Lipinski definition) is 4. The number of allylic oxidation sites excluding steroid dienone is 1. The Morgan fingerprint density at radius 3 is 3.06 bits per heavy atom. The van der Waals surface area contributed by atoms with E-state index in [1.165, 1.54) is 36.2 Å². The van der Waals surface area contributed by atoms with E-state index in [1.807, 2.05) is 11.8 Å². The molecule has 0 saturated heterocycles. The largest absolute Gasteiger partial charge is 0.321 e. The number of hydrogen-bond donors (Lipinski definition) is 1. The van der Waals surface area contributed by atoms with Crippen LogP contribution in [0, 0.1) is 5.92 Å². The Hall–Kier alpha value is -1.10. The number of nitrogens with two attached hydrogens (primary N) is 1. The predicted molar refractivity (Wildman–Crippen MR) is 68.7 cm³/mol. The summed E-state index contributed by atoms with van der Waals surface area (Å²) in [5, 5.41) is 4.92. The van der Waals surface area contributed by atoms with Gasteiger partial charge in [0.1, 0.15) is 6.34 Å². The molecular weight excluding hydrogens is 220 g/mol. The molecule has 0 aromatic heterocycles. The maximum absolute atomic E-state index is 5.41. The Morgan fingerprint density at radius 2 is 2.19 bits per heavy atom. The van der Waals surface area contributed by atoms with Crippen LogP contribution in [0.1, 0.15) is 32.1 Å². The first-order chi connectivity index (χ1) is 7.90. The highest BCUT2D eigenvalue weighted by atomic mass is 32.2. The lowest BCUT2D eigenvalue weighted by atomic mass is 9.94. The van der Waals surface area contributed by atoms with Gasteiger partial charge in [-0.1, -0.05) is 18.2 Å². The highest BCUT2D eigenvalue weighted by Gasteiger charge is 2.37. The molecule has 3 rings (SSSR count). The molecule has 84 valence electrons. The lowest BCUT2D eigenvalue weighted by molar-refractivity contribution is 0.702. The molecule has 2 N–H and O–H groups in total. The summed E-state index contributed by atoms with van der Waals surface area (Å²) in [6.07, 6.45) is 7.79. The fraction of sp³-hybridized carbons (Fsp3) is 0.545. The zero-order valence-corrected chi connectivity index (χ0v) is 9.83. The normalized spacial score (nSPS) is 31.1. The third-order valence-corrected chi connectivity index (χ3v) is 4.56. The van der Waals surface area contributed by atoms with E-state index in [0.717, 1.165) is 17.3 Å². The number of nitrogens with zero attached hydrogens (tertiary/aromatic N) is 3. The molecule has 0 aromatic rings. The number of fused-ring (bicyclic) bond motifs is 2. The van der Waals surface area contributed by atoms with E-state index in [0.29, 0.717) is 0 Å². The van der Waals surface area contributed by atoms with Crippen molar-refractivity contribution in [1.82, 2.24) is 0 Å². The summed E-state index contributed by atoms with van der Waals surface area (Å²) in [4.78, 5) is 10.0. The van der Waals surface area contributed by atoms with Crippen LogP contribution in [0.3, 0.4) is 0 Å². The molecule has 0 bridgehead atoms. The van der Waals surface area contributed by atoms with Gasteiger partial charge in [-0.15, -0.1) is 0 Å². The van der Waals surface area contributed by atoms with Crippen molar-refractivity contribution >= 4 is 29.0 Å². The first-order valence-corrected chi connectivity index (χ1v) is 6.49. The Labute approximate surface area is 98.8 Å². The number of aliphatic imine (C=N–C) groups is 2. The van der Waals surface area contributed by atoms with E-state index >= 15 is 0 Å². The molecule has 1 atom stereocenters. The van der Waals surface area contributed by atoms with Crippen molar-refractivity contribution < 1.29 is 0 Å². The zero-order chi connectivity index (χ0) is 11.0. The fourth-order valence-corrected chi connectivity index (χ4v) is 3.84. The highest BCUT2D eigenvalue weighted by Crippen LogP contribution is 2.46. The van der Waals surface area contributed by atoms with Crippen molar-refractivity contribution in [3.05, 3.63) is 10.5 Å². The molecule has 0 fully saturated rings. The molecule has 1 unspecified atom stereocenters. The van der Waals surface area contributed by atoms with Gasteiger partial charge in [0.2, 0.25) is 0 Å². The van der Waals surface area contributed by atoms with Crippen LogP contribution >= 0.6 is 11.8 Å². The average Bonchev–Trinajstić information content (AvgIpc) is 2.52. The second-order valence-electron chi connectivity index (χ2n) is 4.24. The molecular formula is C11H14N4S. The van der Waals surface area contributed by atoms with Gasteiger partial charge < -0.3 is 5.84 Å². The standard InChI is InChI=1S/C11H14N4S/c12-15-10-9-7-4-2-1-3-5-8(7)16-11(9)14-6-13-10/h6,9H,1-5,12H2/b15-10-. The maximum atomic E-state index is 5.41. The summed E-state index contributed by atoms with van der Waals surface area (Å²) in [6, 6.07) is 0. The van der Waals surface area contributed by atoms with Gasteiger partial charge in [0, 0.05) is 0 Å². The quantitative estimate of drug-likeness (QED) is 0.516. The minimum Gasteiger partial charge on any atom is -0.321 e. The van der Waals surface area contributed by atoms with Crippen molar-refractivity contribution in [3.8, 4) is 0 Å². The van der Waals surface area contributed by atoms with Gasteiger partial charge in [0.15, 0.2) is 5.84 Å². The smallest absolute Gasteiger partial charge is 0.163 e. The van der Waals surface area contributed by atoms with Gasteiger partial charge in [0.05, 0.1) is 11.0 Å². The molecule has 3 aliphatic rings. The lowest BCUT2D eigenvalue weighted by Crippen LogP contribution is -2.23. The van der Waals surface area contributed by atoms with Crippen LogP contribution in [0.4, 0.5) is 0 Å². The van der Waals surface area contributed by atoms with E-state index in [-0.39, 0.29) is 5.92 Å². The third kappa shape index (κ3) is 1.50. The van der Waals surface area contributed by atoms with Gasteiger partial charge in [-0.2, -0.15) is 5.10 Å². The van der Waals surface area contributed by atoms with Gasteiger partial charge in [0.25, 0.3) is 0 Å². The van der Waals surface area contributed by atoms with E-state index in [2.05, 4.69) is 15.1 Å². The van der Waals surface area contributed by atoms with Crippen molar-refractivity contribution in [1.29, 1.82) is 0 Å². The van der Waals surface area contributed by atoms with Crippen LogP contribution in [0.5, 0.6) is 0 Å². The number of thioether (sulfide) groups is 1. The lowest BCUT2D eigenvalue weighted by Gasteiger charge is -2.16. The summed E-state index contributed by atoms with van der Waals surface area (Å²) in [5.41, 5.74) is 1.47. The van der Waals surface area contributed by atoms with Gasteiger partial charge in [-0.05, 0) is 36.2 Å². The molecule has 0 saturated carbocycles. The summed E-state index contributed by atoms with van der Waals surface area (Å²) in [6.45, 7) is 0. The van der Waals surface area contributed by atoms with E-state index in [9.17, 15) is 0 Å². The van der Waals surface area contributed by atoms with Gasteiger partial charge in [-0.3, -0.25) is 0 Å². The topological polar surface area (TPSA) is 63.1 Å². The maximum Gasteiger partial charge on any atom is 0.163 e. The summed E-state index contributed by atoms with van der Waals surface area (Å²) < 4.78 is 0. The van der Waals surface area contributed by atoms with E-state index < -0.39 is 0 Å². The average molecular weight is 234 g/mol. The molecule has 0 radical (unpaired) electrons.